The first-order chi connectivity index (χ1) is 11.2. The number of rotatable bonds is 4. The van der Waals surface area contributed by atoms with Crippen LogP contribution in [-0.4, -0.2) is 15.3 Å². The summed E-state index contributed by atoms with van der Waals surface area (Å²) in [6, 6.07) is 10.3. The minimum atomic E-state index is -0.253. The summed E-state index contributed by atoms with van der Waals surface area (Å²) in [5.74, 6) is 0.291. The summed E-state index contributed by atoms with van der Waals surface area (Å²) in [5, 5.41) is 0. The third kappa shape index (κ3) is 2.65. The predicted molar refractivity (Wildman–Crippen MR) is 87.5 cm³/mol. The Kier molecular flexibility index (Phi) is 3.45. The van der Waals surface area contributed by atoms with Crippen LogP contribution in [0.15, 0.2) is 48.8 Å². The standard InChI is InChI=1S/C19H17FN2O/c20-16-6-4-13(5-7-16)15-10-18-17(21-11-15)8-9-22(18)12-19(23)14-2-1-3-14/h4-11,14H,1-3,12H2. The van der Waals surface area contributed by atoms with Crippen LogP contribution in [0.5, 0.6) is 0 Å². The molecule has 0 radical (unpaired) electrons. The quantitative estimate of drug-likeness (QED) is 0.723. The van der Waals surface area contributed by atoms with Crippen LogP contribution in [0.25, 0.3) is 22.2 Å². The number of pyridine rings is 1. The first-order valence-corrected chi connectivity index (χ1v) is 7.94. The molecule has 0 saturated heterocycles. The highest BCUT2D eigenvalue weighted by atomic mass is 19.1. The molecule has 0 unspecified atom stereocenters. The molecule has 2 heterocycles. The Balaban J connectivity index is 1.68. The van der Waals surface area contributed by atoms with Crippen LogP contribution < -0.4 is 0 Å². The van der Waals surface area contributed by atoms with Crippen LogP contribution in [0.3, 0.4) is 0 Å². The van der Waals surface area contributed by atoms with Gasteiger partial charge in [-0.1, -0.05) is 18.6 Å². The number of hydrogen-bond acceptors (Lipinski definition) is 2. The third-order valence-corrected chi connectivity index (χ3v) is 4.68. The number of benzene rings is 1. The van der Waals surface area contributed by atoms with Gasteiger partial charge in [-0.15, -0.1) is 0 Å². The Morgan fingerprint density at radius 3 is 2.65 bits per heavy atom. The Hall–Kier alpha value is -2.49. The van der Waals surface area contributed by atoms with Gasteiger partial charge in [-0.2, -0.15) is 0 Å². The lowest BCUT2D eigenvalue weighted by atomic mass is 9.82. The average Bonchev–Trinajstić information content (AvgIpc) is 2.88. The molecule has 0 bridgehead atoms. The number of ketones is 1. The van der Waals surface area contributed by atoms with E-state index in [1.165, 1.54) is 18.6 Å². The van der Waals surface area contributed by atoms with Crippen molar-refractivity contribution in [1.29, 1.82) is 0 Å². The van der Waals surface area contributed by atoms with Gasteiger partial charge in [0.2, 0.25) is 0 Å². The summed E-state index contributed by atoms with van der Waals surface area (Å²) in [5.41, 5.74) is 3.66. The summed E-state index contributed by atoms with van der Waals surface area (Å²) in [4.78, 5) is 16.7. The highest BCUT2D eigenvalue weighted by Crippen LogP contribution is 2.29. The van der Waals surface area contributed by atoms with Gasteiger partial charge in [-0.05, 0) is 42.7 Å². The number of halogens is 1. The van der Waals surface area contributed by atoms with Crippen LogP contribution in [-0.2, 0) is 11.3 Å². The zero-order chi connectivity index (χ0) is 15.8. The topological polar surface area (TPSA) is 34.9 Å². The molecule has 1 aliphatic carbocycles. The summed E-state index contributed by atoms with van der Waals surface area (Å²) >= 11 is 0. The third-order valence-electron chi connectivity index (χ3n) is 4.68. The minimum absolute atomic E-state index is 0.237. The van der Waals surface area contributed by atoms with Crippen molar-refractivity contribution in [1.82, 2.24) is 9.55 Å². The number of aromatic nitrogens is 2. The van der Waals surface area contributed by atoms with E-state index in [1.807, 2.05) is 22.9 Å². The first-order valence-electron chi connectivity index (χ1n) is 7.94. The summed E-state index contributed by atoms with van der Waals surface area (Å²) in [7, 11) is 0. The zero-order valence-electron chi connectivity index (χ0n) is 12.7. The van der Waals surface area contributed by atoms with E-state index in [0.29, 0.717) is 12.3 Å². The summed E-state index contributed by atoms with van der Waals surface area (Å²) in [6.07, 6.45) is 6.92. The molecule has 1 aliphatic rings. The largest absolute Gasteiger partial charge is 0.339 e. The number of carbonyl (C=O) groups excluding carboxylic acids is 1. The molecule has 4 rings (SSSR count). The lowest BCUT2D eigenvalue weighted by Crippen LogP contribution is -2.25. The van der Waals surface area contributed by atoms with Crippen molar-refractivity contribution in [2.24, 2.45) is 5.92 Å². The molecule has 3 nitrogen and oxygen atoms in total. The van der Waals surface area contributed by atoms with Crippen molar-refractivity contribution in [2.75, 3.05) is 0 Å². The molecule has 1 saturated carbocycles. The van der Waals surface area contributed by atoms with Gasteiger partial charge in [0.05, 0.1) is 17.6 Å². The fourth-order valence-electron chi connectivity index (χ4n) is 3.03. The number of fused-ring (bicyclic) bond motifs is 1. The number of Topliss-reactive ketones (excluding diaryl/α,β-unsaturated/α-hetero) is 1. The van der Waals surface area contributed by atoms with Crippen molar-refractivity contribution >= 4 is 16.8 Å². The van der Waals surface area contributed by atoms with E-state index in [2.05, 4.69) is 4.98 Å². The second kappa shape index (κ2) is 5.61. The zero-order valence-corrected chi connectivity index (χ0v) is 12.7. The van der Waals surface area contributed by atoms with E-state index in [-0.39, 0.29) is 11.7 Å². The molecule has 0 spiro atoms. The van der Waals surface area contributed by atoms with Gasteiger partial charge in [0.25, 0.3) is 0 Å². The maximum atomic E-state index is 13.1. The normalized spacial score (nSPS) is 14.8. The van der Waals surface area contributed by atoms with Gasteiger partial charge in [0.15, 0.2) is 5.78 Å². The molecule has 0 atom stereocenters. The molecule has 0 N–H and O–H groups in total. The van der Waals surface area contributed by atoms with E-state index in [0.717, 1.165) is 35.0 Å². The molecule has 0 aliphatic heterocycles. The van der Waals surface area contributed by atoms with E-state index in [4.69, 9.17) is 0 Å². The average molecular weight is 308 g/mol. The highest BCUT2D eigenvalue weighted by Gasteiger charge is 2.25. The molecule has 1 aromatic carbocycles. The lowest BCUT2D eigenvalue weighted by Gasteiger charge is -2.24. The number of carbonyl (C=O) groups is 1. The second-order valence-corrected chi connectivity index (χ2v) is 6.17. The van der Waals surface area contributed by atoms with Gasteiger partial charge in [-0.3, -0.25) is 9.78 Å². The first kappa shape index (κ1) is 14.1. The van der Waals surface area contributed by atoms with Crippen LogP contribution in [0.2, 0.25) is 0 Å². The highest BCUT2D eigenvalue weighted by molar-refractivity contribution is 5.86. The summed E-state index contributed by atoms with van der Waals surface area (Å²) < 4.78 is 15.0. The van der Waals surface area contributed by atoms with Gasteiger partial charge < -0.3 is 4.57 Å². The molecular weight excluding hydrogens is 291 g/mol. The molecule has 1 fully saturated rings. The number of hydrogen-bond donors (Lipinski definition) is 0. The van der Waals surface area contributed by atoms with E-state index in [9.17, 15) is 9.18 Å². The van der Waals surface area contributed by atoms with Crippen LogP contribution in [0, 0.1) is 11.7 Å². The van der Waals surface area contributed by atoms with E-state index < -0.39 is 0 Å². The smallest absolute Gasteiger partial charge is 0.155 e. The summed E-state index contributed by atoms with van der Waals surface area (Å²) in [6.45, 7) is 0.405. The Labute approximate surface area is 133 Å². The van der Waals surface area contributed by atoms with Gasteiger partial charge in [0.1, 0.15) is 5.82 Å². The maximum Gasteiger partial charge on any atom is 0.155 e. The van der Waals surface area contributed by atoms with Crippen LogP contribution >= 0.6 is 0 Å². The predicted octanol–water partition coefficient (Wildman–Crippen LogP) is 4.21. The molecule has 0 amide bonds. The molecular formula is C19H17FN2O. The fraction of sp³-hybridized carbons (Fsp3) is 0.263. The molecule has 4 heteroatoms. The molecule has 2 aromatic heterocycles. The molecule has 3 aromatic rings. The second-order valence-electron chi connectivity index (χ2n) is 6.17. The van der Waals surface area contributed by atoms with Crippen LogP contribution in [0.1, 0.15) is 19.3 Å². The van der Waals surface area contributed by atoms with Gasteiger partial charge in [-0.25, -0.2) is 4.39 Å². The van der Waals surface area contributed by atoms with E-state index >= 15 is 0 Å². The SMILES string of the molecule is O=C(Cn1ccc2ncc(-c3ccc(F)cc3)cc21)C1CCC1. The van der Waals surface area contributed by atoms with Crippen molar-refractivity contribution in [2.45, 2.75) is 25.8 Å². The Morgan fingerprint density at radius 2 is 1.96 bits per heavy atom. The minimum Gasteiger partial charge on any atom is -0.339 e. The molecule has 23 heavy (non-hydrogen) atoms. The Morgan fingerprint density at radius 1 is 1.17 bits per heavy atom. The number of nitrogens with zero attached hydrogens (tertiary/aromatic N) is 2. The maximum absolute atomic E-state index is 13.1. The van der Waals surface area contributed by atoms with E-state index in [1.54, 1.807) is 18.3 Å². The fourth-order valence-corrected chi connectivity index (χ4v) is 3.03. The lowest BCUT2D eigenvalue weighted by molar-refractivity contribution is -0.125. The van der Waals surface area contributed by atoms with Crippen molar-refractivity contribution in [3.8, 4) is 11.1 Å². The van der Waals surface area contributed by atoms with Gasteiger partial charge in [0, 0.05) is 23.9 Å². The monoisotopic (exact) mass is 308 g/mol. The van der Waals surface area contributed by atoms with Crippen LogP contribution in [0.4, 0.5) is 4.39 Å². The molecule has 116 valence electrons. The van der Waals surface area contributed by atoms with Crippen molar-refractivity contribution in [3.05, 3.63) is 54.6 Å². The Bertz CT molecular complexity index is 863. The van der Waals surface area contributed by atoms with Crippen molar-refractivity contribution in [3.63, 3.8) is 0 Å². The van der Waals surface area contributed by atoms with Gasteiger partial charge >= 0.3 is 0 Å². The van der Waals surface area contributed by atoms with Crippen molar-refractivity contribution < 1.29 is 9.18 Å².